The van der Waals surface area contributed by atoms with Crippen LogP contribution in [-0.4, -0.2) is 34.9 Å². The van der Waals surface area contributed by atoms with Crippen molar-refractivity contribution in [1.82, 2.24) is 5.32 Å². The van der Waals surface area contributed by atoms with Gasteiger partial charge in [0.25, 0.3) is 0 Å². The molecule has 0 aromatic carbocycles. The summed E-state index contributed by atoms with van der Waals surface area (Å²) in [5, 5.41) is 21.4. The lowest BCUT2D eigenvalue weighted by molar-refractivity contribution is -0.156. The van der Waals surface area contributed by atoms with Crippen molar-refractivity contribution in [3.63, 3.8) is 0 Å². The van der Waals surface area contributed by atoms with Crippen LogP contribution in [0.5, 0.6) is 0 Å². The Kier molecular flexibility index (Phi) is 3.09. The number of carboxylic acids is 1. The zero-order valence-corrected chi connectivity index (χ0v) is 8.77. The Morgan fingerprint density at radius 2 is 1.86 bits per heavy atom. The summed E-state index contributed by atoms with van der Waals surface area (Å²) in [4.78, 5) is 11.0. The second-order valence-electron chi connectivity index (χ2n) is 4.38. The molecular weight excluding hydrogens is 206 g/mol. The molecule has 82 valence electrons. The number of nitrogens with one attached hydrogen (secondary N) is 1. The zero-order chi connectivity index (χ0) is 9.53. The highest BCUT2D eigenvalue weighted by Crippen LogP contribution is 2.45. The second-order valence-corrected chi connectivity index (χ2v) is 4.38. The number of piperidine rings is 2. The molecule has 0 aromatic rings. The van der Waals surface area contributed by atoms with E-state index in [2.05, 4.69) is 5.32 Å². The van der Waals surface area contributed by atoms with E-state index in [4.69, 9.17) is 5.11 Å². The summed E-state index contributed by atoms with van der Waals surface area (Å²) in [5.74, 6) is -0.689. The largest absolute Gasteiger partial charge is 0.481 e. The van der Waals surface area contributed by atoms with Crippen molar-refractivity contribution in [3.05, 3.63) is 0 Å². The maximum absolute atomic E-state index is 11.0. The molecule has 0 atom stereocenters. The fraction of sp³-hybridized carbons (Fsp3) is 0.889. The highest BCUT2D eigenvalue weighted by atomic mass is 35.5. The van der Waals surface area contributed by atoms with Gasteiger partial charge in [-0.3, -0.25) is 4.79 Å². The van der Waals surface area contributed by atoms with Gasteiger partial charge < -0.3 is 15.5 Å². The number of aliphatic carboxylic acids is 1. The van der Waals surface area contributed by atoms with Gasteiger partial charge in [-0.15, -0.1) is 12.4 Å². The molecule has 0 unspecified atom stereocenters. The Labute approximate surface area is 89.1 Å². The molecule has 5 heteroatoms. The van der Waals surface area contributed by atoms with E-state index in [-0.39, 0.29) is 24.6 Å². The quantitative estimate of drug-likeness (QED) is 0.631. The topological polar surface area (TPSA) is 69.6 Å². The highest BCUT2D eigenvalue weighted by Gasteiger charge is 2.52. The van der Waals surface area contributed by atoms with E-state index in [1.165, 1.54) is 0 Å². The lowest BCUT2D eigenvalue weighted by Crippen LogP contribution is -2.64. The average molecular weight is 222 g/mol. The minimum atomic E-state index is -0.689. The minimum absolute atomic E-state index is 0. The van der Waals surface area contributed by atoms with Crippen LogP contribution >= 0.6 is 12.4 Å². The minimum Gasteiger partial charge on any atom is -0.481 e. The molecule has 3 N–H and O–H groups in total. The van der Waals surface area contributed by atoms with E-state index in [1.54, 1.807) is 0 Å². The van der Waals surface area contributed by atoms with Gasteiger partial charge in [-0.05, 0) is 25.7 Å². The predicted molar refractivity (Wildman–Crippen MR) is 53.6 cm³/mol. The van der Waals surface area contributed by atoms with Crippen LogP contribution < -0.4 is 5.32 Å². The van der Waals surface area contributed by atoms with E-state index in [0.29, 0.717) is 19.4 Å². The third kappa shape index (κ3) is 1.51. The zero-order valence-electron chi connectivity index (χ0n) is 7.95. The van der Waals surface area contributed by atoms with Gasteiger partial charge in [0.05, 0.1) is 12.0 Å². The van der Waals surface area contributed by atoms with Gasteiger partial charge in [0.2, 0.25) is 0 Å². The number of rotatable bonds is 2. The van der Waals surface area contributed by atoms with E-state index >= 15 is 0 Å². The Bertz CT molecular complexity index is 220. The van der Waals surface area contributed by atoms with Gasteiger partial charge in [0.15, 0.2) is 0 Å². The molecule has 2 heterocycles. The molecule has 14 heavy (non-hydrogen) atoms. The smallest absolute Gasteiger partial charge is 0.310 e. The first kappa shape index (κ1) is 11.8. The number of aliphatic hydroxyl groups excluding tert-OH is 1. The number of hydrogen-bond acceptors (Lipinski definition) is 3. The van der Waals surface area contributed by atoms with Gasteiger partial charge in [-0.1, -0.05) is 0 Å². The van der Waals surface area contributed by atoms with Crippen molar-refractivity contribution in [1.29, 1.82) is 0 Å². The Hall–Kier alpha value is -0.320. The van der Waals surface area contributed by atoms with Crippen molar-refractivity contribution in [2.75, 3.05) is 13.2 Å². The SMILES string of the molecule is Cl.O=C(O)C12CCC(CO)(CC1)NC2. The molecular formula is C9H16ClNO3. The summed E-state index contributed by atoms with van der Waals surface area (Å²) in [6.45, 7) is 0.644. The van der Waals surface area contributed by atoms with Gasteiger partial charge >= 0.3 is 5.97 Å². The third-order valence-electron chi connectivity index (χ3n) is 3.72. The lowest BCUT2D eigenvalue weighted by Gasteiger charge is -2.51. The van der Waals surface area contributed by atoms with Crippen molar-refractivity contribution in [2.45, 2.75) is 31.2 Å². The molecule has 0 amide bonds. The molecule has 0 aromatic heterocycles. The van der Waals surface area contributed by atoms with Crippen LogP contribution in [0.4, 0.5) is 0 Å². The standard InChI is InChI=1S/C9H15NO3.ClH/c11-6-9-3-1-8(2-4-9,5-10-9)7(12)13;/h10-11H,1-6H2,(H,12,13);1H. The van der Waals surface area contributed by atoms with Gasteiger partial charge in [0, 0.05) is 12.1 Å². The maximum atomic E-state index is 11.0. The second kappa shape index (κ2) is 3.68. The van der Waals surface area contributed by atoms with Crippen LogP contribution in [0.2, 0.25) is 0 Å². The fourth-order valence-corrected chi connectivity index (χ4v) is 2.42. The van der Waals surface area contributed by atoms with E-state index in [0.717, 1.165) is 12.8 Å². The lowest BCUT2D eigenvalue weighted by atomic mass is 9.63. The summed E-state index contributed by atoms with van der Waals surface area (Å²) >= 11 is 0. The molecule has 1 saturated carbocycles. The van der Waals surface area contributed by atoms with E-state index < -0.39 is 11.4 Å². The van der Waals surface area contributed by atoms with Crippen molar-refractivity contribution in [3.8, 4) is 0 Å². The van der Waals surface area contributed by atoms with Crippen LogP contribution in [0.1, 0.15) is 25.7 Å². The molecule has 3 aliphatic rings. The number of aliphatic hydroxyl groups is 1. The fourth-order valence-electron chi connectivity index (χ4n) is 2.42. The molecule has 2 aliphatic heterocycles. The van der Waals surface area contributed by atoms with Gasteiger partial charge in [0.1, 0.15) is 0 Å². The van der Waals surface area contributed by atoms with Crippen molar-refractivity contribution >= 4 is 18.4 Å². The first-order chi connectivity index (χ1) is 6.13. The number of carboxylic acid groups (broad SMARTS) is 1. The van der Waals surface area contributed by atoms with Gasteiger partial charge in [-0.2, -0.15) is 0 Å². The summed E-state index contributed by atoms with van der Waals surface area (Å²) in [6, 6.07) is 0. The molecule has 0 radical (unpaired) electrons. The monoisotopic (exact) mass is 221 g/mol. The summed E-state index contributed by atoms with van der Waals surface area (Å²) in [5.41, 5.74) is -0.714. The van der Waals surface area contributed by atoms with Crippen LogP contribution in [0, 0.1) is 5.41 Å². The van der Waals surface area contributed by atoms with Crippen LogP contribution in [-0.2, 0) is 4.79 Å². The van der Waals surface area contributed by atoms with E-state index in [1.807, 2.05) is 0 Å². The summed E-state index contributed by atoms with van der Waals surface area (Å²) in [6.07, 6.45) is 2.98. The Balaban J connectivity index is 0.000000980. The number of halogens is 1. The maximum Gasteiger partial charge on any atom is 0.310 e. The first-order valence-electron chi connectivity index (χ1n) is 4.72. The summed E-state index contributed by atoms with van der Waals surface area (Å²) in [7, 11) is 0. The third-order valence-corrected chi connectivity index (χ3v) is 3.72. The summed E-state index contributed by atoms with van der Waals surface area (Å²) < 4.78 is 0. The van der Waals surface area contributed by atoms with Gasteiger partial charge in [-0.25, -0.2) is 0 Å². The Morgan fingerprint density at radius 1 is 1.29 bits per heavy atom. The number of hydrogen-bond donors (Lipinski definition) is 3. The molecule has 3 rings (SSSR count). The van der Waals surface area contributed by atoms with Crippen molar-refractivity contribution < 1.29 is 15.0 Å². The first-order valence-corrected chi connectivity index (χ1v) is 4.72. The molecule has 2 bridgehead atoms. The van der Waals surface area contributed by atoms with Crippen LogP contribution in [0.15, 0.2) is 0 Å². The number of carbonyl (C=O) groups is 1. The van der Waals surface area contributed by atoms with Crippen LogP contribution in [0.25, 0.3) is 0 Å². The molecule has 0 spiro atoms. The highest BCUT2D eigenvalue weighted by molar-refractivity contribution is 5.85. The van der Waals surface area contributed by atoms with Crippen LogP contribution in [0.3, 0.4) is 0 Å². The molecule has 4 nitrogen and oxygen atoms in total. The van der Waals surface area contributed by atoms with E-state index in [9.17, 15) is 9.90 Å². The Morgan fingerprint density at radius 3 is 2.14 bits per heavy atom. The molecule has 3 fully saturated rings. The predicted octanol–water partition coefficient (Wildman–Crippen LogP) is 0.388. The van der Waals surface area contributed by atoms with Crippen molar-refractivity contribution in [2.24, 2.45) is 5.41 Å². The number of fused-ring (bicyclic) bond motifs is 3. The molecule has 1 aliphatic carbocycles. The average Bonchev–Trinajstić information content (AvgIpc) is 2.20. The normalized spacial score (nSPS) is 40.4. The molecule has 2 saturated heterocycles.